The van der Waals surface area contributed by atoms with Gasteiger partial charge in [-0.15, -0.1) is 0 Å². The molecule has 3 heterocycles. The second-order valence-corrected chi connectivity index (χ2v) is 6.40. The first-order chi connectivity index (χ1) is 10.6. The molecule has 0 saturated carbocycles. The summed E-state index contributed by atoms with van der Waals surface area (Å²) >= 11 is 6.45. The lowest BCUT2D eigenvalue weighted by atomic mass is 9.98. The summed E-state index contributed by atoms with van der Waals surface area (Å²) in [7, 11) is 1.90. The summed E-state index contributed by atoms with van der Waals surface area (Å²) in [5.41, 5.74) is 3.28. The molecule has 0 unspecified atom stereocenters. The van der Waals surface area contributed by atoms with Crippen molar-refractivity contribution in [3.05, 3.63) is 33.9 Å². The van der Waals surface area contributed by atoms with Gasteiger partial charge in [-0.1, -0.05) is 30.1 Å². The first-order valence-electron chi connectivity index (χ1n) is 7.97. The number of rotatable bonds is 4. The van der Waals surface area contributed by atoms with E-state index in [1.165, 1.54) is 12.8 Å². The molecule has 0 radical (unpaired) electrons. The number of nitrogens with zero attached hydrogens (tertiary/aromatic N) is 4. The van der Waals surface area contributed by atoms with Crippen molar-refractivity contribution in [3.8, 4) is 0 Å². The van der Waals surface area contributed by atoms with Crippen molar-refractivity contribution in [2.45, 2.75) is 52.1 Å². The maximum Gasteiger partial charge on any atom is 0.133 e. The van der Waals surface area contributed by atoms with Crippen molar-refractivity contribution < 1.29 is 4.52 Å². The number of aryl methyl sites for hydroxylation is 3. The zero-order chi connectivity index (χ0) is 15.7. The third kappa shape index (κ3) is 2.92. The minimum absolute atomic E-state index is 0.312. The average molecular weight is 323 g/mol. The van der Waals surface area contributed by atoms with Crippen molar-refractivity contribution in [2.75, 3.05) is 6.54 Å². The Morgan fingerprint density at radius 2 is 2.23 bits per heavy atom. The summed E-state index contributed by atoms with van der Waals surface area (Å²) in [4.78, 5) is 2.46. The zero-order valence-electron chi connectivity index (χ0n) is 13.5. The molecule has 1 saturated heterocycles. The van der Waals surface area contributed by atoms with Gasteiger partial charge in [-0.3, -0.25) is 9.58 Å². The van der Waals surface area contributed by atoms with Gasteiger partial charge in [0.05, 0.1) is 11.7 Å². The standard InChI is InChI=1S/C16H23ClN4O/c1-4-13-12(16(17)20(3)18-13)10-21-8-6-5-7-15(21)14-9-11(2)22-19-14/h9,15H,4-8,10H2,1-3H3/t15-/m1/s1. The molecule has 0 aromatic carbocycles. The number of piperidine rings is 1. The van der Waals surface area contributed by atoms with Crippen LogP contribution in [0.1, 0.15) is 54.9 Å². The van der Waals surface area contributed by atoms with Crippen LogP contribution in [-0.2, 0) is 20.0 Å². The first-order valence-corrected chi connectivity index (χ1v) is 8.35. The third-order valence-electron chi connectivity index (χ3n) is 4.45. The van der Waals surface area contributed by atoms with Gasteiger partial charge < -0.3 is 4.52 Å². The molecule has 0 N–H and O–H groups in total. The Kier molecular flexibility index (Phi) is 4.54. The van der Waals surface area contributed by atoms with Crippen LogP contribution in [0.5, 0.6) is 0 Å². The molecule has 22 heavy (non-hydrogen) atoms. The van der Waals surface area contributed by atoms with E-state index in [4.69, 9.17) is 16.1 Å². The highest BCUT2D eigenvalue weighted by atomic mass is 35.5. The molecule has 0 aliphatic carbocycles. The second kappa shape index (κ2) is 6.42. The molecule has 1 aliphatic rings. The summed E-state index contributed by atoms with van der Waals surface area (Å²) in [5, 5.41) is 9.50. The highest BCUT2D eigenvalue weighted by molar-refractivity contribution is 6.30. The minimum Gasteiger partial charge on any atom is -0.361 e. The van der Waals surface area contributed by atoms with Gasteiger partial charge >= 0.3 is 0 Å². The fraction of sp³-hybridized carbons (Fsp3) is 0.625. The molecule has 1 fully saturated rings. The minimum atomic E-state index is 0.312. The van der Waals surface area contributed by atoms with Crippen molar-refractivity contribution >= 4 is 11.6 Å². The molecule has 2 aromatic heterocycles. The Morgan fingerprint density at radius 1 is 1.41 bits per heavy atom. The van der Waals surface area contributed by atoms with Crippen LogP contribution in [-0.4, -0.2) is 26.4 Å². The Hall–Kier alpha value is -1.33. The van der Waals surface area contributed by atoms with E-state index in [0.29, 0.717) is 6.04 Å². The lowest BCUT2D eigenvalue weighted by molar-refractivity contribution is 0.133. The summed E-state index contributed by atoms with van der Waals surface area (Å²) in [6, 6.07) is 2.36. The van der Waals surface area contributed by atoms with Gasteiger partial charge in [0, 0.05) is 25.2 Å². The molecule has 1 atom stereocenters. The number of halogens is 1. The van der Waals surface area contributed by atoms with Crippen LogP contribution in [0.3, 0.4) is 0 Å². The molecule has 0 spiro atoms. The number of aromatic nitrogens is 3. The fourth-order valence-corrected chi connectivity index (χ4v) is 3.51. The van der Waals surface area contributed by atoms with Crippen LogP contribution in [0, 0.1) is 6.92 Å². The molecular formula is C16H23ClN4O. The van der Waals surface area contributed by atoms with Crippen LogP contribution in [0.2, 0.25) is 5.15 Å². The Balaban J connectivity index is 1.86. The van der Waals surface area contributed by atoms with E-state index in [1.807, 2.05) is 14.0 Å². The summed E-state index contributed by atoms with van der Waals surface area (Å²) in [5.74, 6) is 0.870. The fourth-order valence-electron chi connectivity index (χ4n) is 3.30. The molecular weight excluding hydrogens is 300 g/mol. The zero-order valence-corrected chi connectivity index (χ0v) is 14.2. The lowest BCUT2D eigenvalue weighted by Gasteiger charge is -2.34. The molecule has 2 aromatic rings. The van der Waals surface area contributed by atoms with Crippen LogP contribution in [0.15, 0.2) is 10.6 Å². The van der Waals surface area contributed by atoms with Gasteiger partial charge in [0.25, 0.3) is 0 Å². The molecule has 5 nitrogen and oxygen atoms in total. The van der Waals surface area contributed by atoms with Crippen LogP contribution >= 0.6 is 11.6 Å². The number of hydrogen-bond donors (Lipinski definition) is 0. The van der Waals surface area contributed by atoms with E-state index in [9.17, 15) is 0 Å². The molecule has 0 bridgehead atoms. The van der Waals surface area contributed by atoms with Crippen molar-refractivity contribution in [3.63, 3.8) is 0 Å². The summed E-state index contributed by atoms with van der Waals surface area (Å²) in [6.45, 7) is 5.95. The number of likely N-dealkylation sites (tertiary alicyclic amines) is 1. The topological polar surface area (TPSA) is 47.1 Å². The molecule has 120 valence electrons. The predicted octanol–water partition coefficient (Wildman–Crippen LogP) is 3.66. The van der Waals surface area contributed by atoms with Crippen LogP contribution in [0.25, 0.3) is 0 Å². The Morgan fingerprint density at radius 3 is 2.91 bits per heavy atom. The van der Waals surface area contributed by atoms with Crippen molar-refractivity contribution in [2.24, 2.45) is 7.05 Å². The van der Waals surface area contributed by atoms with Crippen LogP contribution in [0.4, 0.5) is 0 Å². The Bertz CT molecular complexity index is 649. The monoisotopic (exact) mass is 322 g/mol. The SMILES string of the molecule is CCc1nn(C)c(Cl)c1CN1CCCC[C@@H]1c1cc(C)on1. The summed E-state index contributed by atoms with van der Waals surface area (Å²) in [6.07, 6.45) is 4.46. The highest BCUT2D eigenvalue weighted by Gasteiger charge is 2.28. The quantitative estimate of drug-likeness (QED) is 0.862. The molecule has 3 rings (SSSR count). The third-order valence-corrected chi connectivity index (χ3v) is 4.92. The lowest BCUT2D eigenvalue weighted by Crippen LogP contribution is -2.33. The smallest absolute Gasteiger partial charge is 0.133 e. The normalized spacial score (nSPS) is 19.7. The average Bonchev–Trinajstić information content (AvgIpc) is 3.06. The van der Waals surface area contributed by atoms with Gasteiger partial charge in [0.15, 0.2) is 0 Å². The maximum absolute atomic E-state index is 6.45. The Labute approximate surface area is 136 Å². The largest absolute Gasteiger partial charge is 0.361 e. The van der Waals surface area contributed by atoms with Gasteiger partial charge in [0.2, 0.25) is 0 Å². The molecule has 6 heteroatoms. The van der Waals surface area contributed by atoms with E-state index < -0.39 is 0 Å². The van der Waals surface area contributed by atoms with Crippen LogP contribution < -0.4 is 0 Å². The number of hydrogen-bond acceptors (Lipinski definition) is 4. The van der Waals surface area contributed by atoms with E-state index in [1.54, 1.807) is 4.68 Å². The van der Waals surface area contributed by atoms with Gasteiger partial charge in [-0.2, -0.15) is 5.10 Å². The van der Waals surface area contributed by atoms with Gasteiger partial charge in [0.1, 0.15) is 16.6 Å². The molecule has 0 amide bonds. The van der Waals surface area contributed by atoms with E-state index in [0.717, 1.165) is 53.8 Å². The highest BCUT2D eigenvalue weighted by Crippen LogP contribution is 2.33. The second-order valence-electron chi connectivity index (χ2n) is 6.04. The first kappa shape index (κ1) is 15.6. The predicted molar refractivity (Wildman–Crippen MR) is 85.8 cm³/mol. The summed E-state index contributed by atoms with van der Waals surface area (Å²) < 4.78 is 7.04. The van der Waals surface area contributed by atoms with Crippen molar-refractivity contribution in [1.29, 1.82) is 0 Å². The van der Waals surface area contributed by atoms with E-state index in [-0.39, 0.29) is 0 Å². The maximum atomic E-state index is 6.45. The van der Waals surface area contributed by atoms with Crippen molar-refractivity contribution in [1.82, 2.24) is 19.8 Å². The molecule has 1 aliphatic heterocycles. The van der Waals surface area contributed by atoms with Gasteiger partial charge in [-0.25, -0.2) is 0 Å². The van der Waals surface area contributed by atoms with Gasteiger partial charge in [-0.05, 0) is 32.7 Å². The van der Waals surface area contributed by atoms with E-state index in [2.05, 4.69) is 28.1 Å². The van der Waals surface area contributed by atoms with E-state index >= 15 is 0 Å².